The summed E-state index contributed by atoms with van der Waals surface area (Å²) in [4.78, 5) is 25.6. The lowest BCUT2D eigenvalue weighted by molar-refractivity contribution is 0.0150. The fraction of sp³-hybridized carbons (Fsp3) is 0.577. The average Bonchev–Trinajstić information content (AvgIpc) is 3.54. The number of nitrogens with zero attached hydrogens (tertiary/aromatic N) is 2. The first kappa shape index (κ1) is 22.1. The monoisotopic (exact) mass is 451 g/mol. The summed E-state index contributed by atoms with van der Waals surface area (Å²) in [7, 11) is 0. The lowest BCUT2D eigenvalue weighted by Gasteiger charge is -2.36. The Balaban J connectivity index is 1.36. The number of benzene rings is 1. The molecule has 1 aromatic carbocycles. The molecular weight excluding hydrogens is 418 g/mol. The molecule has 5 rings (SSSR count). The van der Waals surface area contributed by atoms with Gasteiger partial charge in [-0.1, -0.05) is 24.6 Å². The van der Waals surface area contributed by atoms with Crippen molar-refractivity contribution in [2.75, 3.05) is 26.4 Å². The Hall–Kier alpha value is -2.67. The molecule has 1 aliphatic carbocycles. The molecule has 0 atom stereocenters. The lowest BCUT2D eigenvalue weighted by Crippen LogP contribution is -2.41. The van der Waals surface area contributed by atoms with E-state index in [1.165, 1.54) is 0 Å². The molecular formula is C26H33N3O4. The number of aryl methyl sites for hydroxylation is 2. The third-order valence-corrected chi connectivity index (χ3v) is 7.65. The molecule has 0 radical (unpaired) electrons. The Labute approximate surface area is 194 Å². The van der Waals surface area contributed by atoms with Crippen LogP contribution in [0.5, 0.6) is 0 Å². The number of rotatable bonds is 6. The molecule has 1 N–H and O–H groups in total. The van der Waals surface area contributed by atoms with Crippen molar-refractivity contribution in [3.63, 3.8) is 0 Å². The Kier molecular flexibility index (Phi) is 5.77. The third-order valence-electron chi connectivity index (χ3n) is 7.65. The number of hydrogen-bond acceptors (Lipinski definition) is 5. The summed E-state index contributed by atoms with van der Waals surface area (Å²) < 4.78 is 13.4. The summed E-state index contributed by atoms with van der Waals surface area (Å²) in [6.07, 6.45) is 5.42. The van der Waals surface area contributed by atoms with Crippen molar-refractivity contribution in [1.29, 1.82) is 0 Å². The molecule has 1 saturated heterocycles. The van der Waals surface area contributed by atoms with Crippen molar-refractivity contribution in [2.24, 2.45) is 10.8 Å². The fourth-order valence-electron chi connectivity index (χ4n) is 5.14. The zero-order valence-corrected chi connectivity index (χ0v) is 19.6. The number of nitrogens with one attached hydrogen (secondary N) is 1. The van der Waals surface area contributed by atoms with E-state index in [9.17, 15) is 9.59 Å². The zero-order chi connectivity index (χ0) is 23.1. The second-order valence-electron chi connectivity index (χ2n) is 10.2. The molecule has 0 unspecified atom stereocenters. The molecule has 2 fully saturated rings. The maximum Gasteiger partial charge on any atom is 0.338 e. The van der Waals surface area contributed by atoms with Crippen LogP contribution in [0.25, 0.3) is 0 Å². The van der Waals surface area contributed by atoms with Crippen molar-refractivity contribution >= 4 is 11.9 Å². The second-order valence-corrected chi connectivity index (χ2v) is 10.2. The number of carbonyl (C=O) groups excluding carboxylic acids is 2. The molecule has 1 saturated carbocycles. The van der Waals surface area contributed by atoms with Gasteiger partial charge in [0.05, 0.1) is 35.7 Å². The first-order valence-electron chi connectivity index (χ1n) is 12.1. The maximum atomic E-state index is 13.0. The maximum absolute atomic E-state index is 13.0. The Morgan fingerprint density at radius 2 is 1.91 bits per heavy atom. The van der Waals surface area contributed by atoms with Gasteiger partial charge in [-0.2, -0.15) is 5.10 Å². The Morgan fingerprint density at radius 3 is 2.58 bits per heavy atom. The van der Waals surface area contributed by atoms with Gasteiger partial charge in [0.1, 0.15) is 0 Å². The van der Waals surface area contributed by atoms with Crippen molar-refractivity contribution in [1.82, 2.24) is 15.1 Å². The van der Waals surface area contributed by atoms with Gasteiger partial charge in [-0.05, 0) is 63.0 Å². The van der Waals surface area contributed by atoms with Crippen LogP contribution in [0.3, 0.4) is 0 Å². The zero-order valence-electron chi connectivity index (χ0n) is 19.6. The highest BCUT2D eigenvalue weighted by Crippen LogP contribution is 2.48. The number of amides is 1. The summed E-state index contributed by atoms with van der Waals surface area (Å²) in [6.45, 7) is 7.25. The van der Waals surface area contributed by atoms with Gasteiger partial charge < -0.3 is 14.8 Å². The van der Waals surface area contributed by atoms with Crippen LogP contribution >= 0.6 is 0 Å². The van der Waals surface area contributed by atoms with E-state index >= 15 is 0 Å². The largest absolute Gasteiger partial charge is 0.461 e. The molecule has 1 aromatic heterocycles. The van der Waals surface area contributed by atoms with E-state index in [0.29, 0.717) is 31.7 Å². The number of hydrogen-bond donors (Lipinski definition) is 1. The van der Waals surface area contributed by atoms with Crippen molar-refractivity contribution < 1.29 is 19.1 Å². The summed E-state index contributed by atoms with van der Waals surface area (Å²) >= 11 is 0. The fourth-order valence-corrected chi connectivity index (χ4v) is 5.14. The average molecular weight is 452 g/mol. The standard InChI is InChI=1S/C26H33N3O4/c1-3-20-22-21(14-25(15-27-23(22)30)10-12-32-13-11-25)29(28-20)16-26(8-9-26)17-33-24(31)19-6-4-18(2)5-7-19/h4-7H,3,8-17H2,1-2H3,(H,27,30). The highest BCUT2D eigenvalue weighted by atomic mass is 16.5. The van der Waals surface area contributed by atoms with Gasteiger partial charge in [0.2, 0.25) is 0 Å². The van der Waals surface area contributed by atoms with Crippen LogP contribution in [0.2, 0.25) is 0 Å². The second kappa shape index (κ2) is 8.60. The summed E-state index contributed by atoms with van der Waals surface area (Å²) in [5.41, 5.74) is 4.28. The van der Waals surface area contributed by atoms with Crippen LogP contribution in [0.4, 0.5) is 0 Å². The lowest BCUT2D eigenvalue weighted by atomic mass is 9.76. The molecule has 176 valence electrons. The van der Waals surface area contributed by atoms with E-state index in [1.807, 2.05) is 38.1 Å². The van der Waals surface area contributed by atoms with Gasteiger partial charge in [0, 0.05) is 25.2 Å². The number of esters is 1. The minimum Gasteiger partial charge on any atom is -0.461 e. The van der Waals surface area contributed by atoms with Crippen LogP contribution in [-0.4, -0.2) is 48.0 Å². The van der Waals surface area contributed by atoms with Gasteiger partial charge in [0.15, 0.2) is 0 Å². The van der Waals surface area contributed by atoms with Crippen LogP contribution in [-0.2, 0) is 28.9 Å². The quantitative estimate of drug-likeness (QED) is 0.680. The minimum absolute atomic E-state index is 0.00730. The highest BCUT2D eigenvalue weighted by molar-refractivity contribution is 5.97. The van der Waals surface area contributed by atoms with Crippen LogP contribution in [0, 0.1) is 17.8 Å². The summed E-state index contributed by atoms with van der Waals surface area (Å²) in [5, 5.41) is 8.06. The molecule has 1 amide bonds. The van der Waals surface area contributed by atoms with Crippen molar-refractivity contribution in [2.45, 2.75) is 58.9 Å². The van der Waals surface area contributed by atoms with Crippen LogP contribution < -0.4 is 5.32 Å². The van der Waals surface area contributed by atoms with E-state index in [2.05, 4.69) is 10.00 Å². The van der Waals surface area contributed by atoms with Gasteiger partial charge in [-0.3, -0.25) is 9.48 Å². The van der Waals surface area contributed by atoms with E-state index in [1.54, 1.807) is 0 Å². The van der Waals surface area contributed by atoms with Crippen molar-refractivity contribution in [3.05, 3.63) is 52.3 Å². The molecule has 2 aliphatic heterocycles. The predicted molar refractivity (Wildman–Crippen MR) is 123 cm³/mol. The van der Waals surface area contributed by atoms with Gasteiger partial charge >= 0.3 is 5.97 Å². The third kappa shape index (κ3) is 4.43. The smallest absolute Gasteiger partial charge is 0.338 e. The molecule has 2 aromatic rings. The number of fused-ring (bicyclic) bond motifs is 1. The van der Waals surface area contributed by atoms with Gasteiger partial charge in [-0.25, -0.2) is 4.79 Å². The Morgan fingerprint density at radius 1 is 1.18 bits per heavy atom. The molecule has 7 nitrogen and oxygen atoms in total. The summed E-state index contributed by atoms with van der Waals surface area (Å²) in [5.74, 6) is -0.289. The molecule has 7 heteroatoms. The van der Waals surface area contributed by atoms with Gasteiger partial charge in [-0.15, -0.1) is 0 Å². The van der Waals surface area contributed by atoms with E-state index in [4.69, 9.17) is 14.6 Å². The van der Waals surface area contributed by atoms with Crippen LogP contribution in [0.15, 0.2) is 24.3 Å². The Bertz CT molecular complexity index is 1050. The van der Waals surface area contributed by atoms with Crippen molar-refractivity contribution in [3.8, 4) is 0 Å². The molecule has 0 bridgehead atoms. The molecule has 3 heterocycles. The number of aromatic nitrogens is 2. The predicted octanol–water partition coefficient (Wildman–Crippen LogP) is 3.47. The number of carbonyl (C=O) groups is 2. The minimum atomic E-state index is -0.282. The highest BCUT2D eigenvalue weighted by Gasteiger charge is 2.47. The first-order chi connectivity index (χ1) is 15.9. The van der Waals surface area contributed by atoms with E-state index in [-0.39, 0.29) is 22.7 Å². The normalized spacial score (nSPS) is 20.6. The summed E-state index contributed by atoms with van der Waals surface area (Å²) in [6, 6.07) is 7.46. The topological polar surface area (TPSA) is 82.5 Å². The SMILES string of the molecule is CCc1nn(CC2(COC(=O)c3ccc(C)cc3)CC2)c2c1C(=O)NCC1(CCOCC1)C2. The van der Waals surface area contributed by atoms with E-state index < -0.39 is 0 Å². The van der Waals surface area contributed by atoms with Crippen LogP contribution in [0.1, 0.15) is 70.3 Å². The molecule has 33 heavy (non-hydrogen) atoms. The van der Waals surface area contributed by atoms with E-state index in [0.717, 1.165) is 67.8 Å². The molecule has 1 spiro atoms. The molecule has 3 aliphatic rings. The first-order valence-corrected chi connectivity index (χ1v) is 12.1. The van der Waals surface area contributed by atoms with Gasteiger partial charge in [0.25, 0.3) is 5.91 Å². The number of ether oxygens (including phenoxy) is 2.